The molecule has 0 radical (unpaired) electrons. The standard InChI is InChI=1S/C24H29FN6O2/c1-32-21-6-4-3-5-19(21)28-24-26-11-9-23(29-24)27-20-8-7-18(17-22(20)33-2)31-15-13-30(12-10-25)14-16-31/h3-9,11,17H,10,12-16H2,1-2H3,(H2,26,27,28,29). The van der Waals surface area contributed by atoms with Gasteiger partial charge in [-0.3, -0.25) is 4.90 Å². The maximum absolute atomic E-state index is 12.6. The number of nitrogens with zero attached hydrogens (tertiary/aromatic N) is 4. The van der Waals surface area contributed by atoms with E-state index in [0.717, 1.165) is 49.0 Å². The maximum Gasteiger partial charge on any atom is 0.229 e. The number of benzene rings is 2. The minimum absolute atomic E-state index is 0.298. The van der Waals surface area contributed by atoms with Crippen LogP contribution in [0.3, 0.4) is 0 Å². The van der Waals surface area contributed by atoms with Crippen molar-refractivity contribution >= 4 is 28.8 Å². The number of piperazine rings is 1. The molecule has 2 aromatic carbocycles. The molecule has 1 aliphatic heterocycles. The van der Waals surface area contributed by atoms with Gasteiger partial charge in [-0.2, -0.15) is 4.98 Å². The molecular weight excluding hydrogens is 423 g/mol. The van der Waals surface area contributed by atoms with Gasteiger partial charge in [0.1, 0.15) is 24.0 Å². The van der Waals surface area contributed by atoms with Crippen LogP contribution in [0.2, 0.25) is 0 Å². The van der Waals surface area contributed by atoms with Gasteiger partial charge in [0.25, 0.3) is 0 Å². The number of alkyl halides is 1. The van der Waals surface area contributed by atoms with Crippen molar-refractivity contribution < 1.29 is 13.9 Å². The monoisotopic (exact) mass is 452 g/mol. The minimum atomic E-state index is -0.298. The Morgan fingerprint density at radius 2 is 1.67 bits per heavy atom. The third kappa shape index (κ3) is 5.61. The Morgan fingerprint density at radius 1 is 0.909 bits per heavy atom. The van der Waals surface area contributed by atoms with Crippen LogP contribution in [0, 0.1) is 0 Å². The molecule has 33 heavy (non-hydrogen) atoms. The number of aromatic nitrogens is 2. The number of para-hydroxylation sites is 2. The highest BCUT2D eigenvalue weighted by Crippen LogP contribution is 2.32. The molecule has 4 rings (SSSR count). The average molecular weight is 453 g/mol. The van der Waals surface area contributed by atoms with Crippen LogP contribution in [0.25, 0.3) is 0 Å². The number of anilines is 5. The molecule has 0 amide bonds. The van der Waals surface area contributed by atoms with Crippen LogP contribution >= 0.6 is 0 Å². The molecule has 1 aliphatic rings. The predicted octanol–water partition coefficient (Wildman–Crippen LogP) is 4.07. The van der Waals surface area contributed by atoms with E-state index in [-0.39, 0.29) is 6.67 Å². The van der Waals surface area contributed by atoms with Crippen molar-refractivity contribution in [2.75, 3.05) is 69.2 Å². The molecule has 174 valence electrons. The Hall–Kier alpha value is -3.59. The molecule has 3 aromatic rings. The Kier molecular flexibility index (Phi) is 7.41. The van der Waals surface area contributed by atoms with Crippen LogP contribution in [0.4, 0.5) is 33.2 Å². The van der Waals surface area contributed by atoms with Gasteiger partial charge in [0.2, 0.25) is 5.95 Å². The summed E-state index contributed by atoms with van der Waals surface area (Å²) < 4.78 is 23.6. The van der Waals surface area contributed by atoms with Crippen LogP contribution < -0.4 is 25.0 Å². The quantitative estimate of drug-likeness (QED) is 0.503. The lowest BCUT2D eigenvalue weighted by Gasteiger charge is -2.35. The van der Waals surface area contributed by atoms with Gasteiger partial charge in [-0.1, -0.05) is 12.1 Å². The Morgan fingerprint density at radius 3 is 2.42 bits per heavy atom. The summed E-state index contributed by atoms with van der Waals surface area (Å²) in [5.74, 6) is 2.51. The van der Waals surface area contributed by atoms with Crippen molar-refractivity contribution in [2.24, 2.45) is 0 Å². The number of ether oxygens (including phenoxy) is 2. The average Bonchev–Trinajstić information content (AvgIpc) is 2.85. The van der Waals surface area contributed by atoms with E-state index < -0.39 is 0 Å². The zero-order valence-electron chi connectivity index (χ0n) is 18.9. The summed E-state index contributed by atoms with van der Waals surface area (Å²) in [6, 6.07) is 15.5. The second-order valence-corrected chi connectivity index (χ2v) is 7.62. The van der Waals surface area contributed by atoms with Gasteiger partial charge in [0, 0.05) is 50.7 Å². The molecule has 1 fully saturated rings. The lowest BCUT2D eigenvalue weighted by molar-refractivity contribution is 0.235. The van der Waals surface area contributed by atoms with Crippen LogP contribution in [0.15, 0.2) is 54.7 Å². The van der Waals surface area contributed by atoms with Gasteiger partial charge in [-0.05, 0) is 30.3 Å². The summed E-state index contributed by atoms with van der Waals surface area (Å²) in [7, 11) is 3.28. The predicted molar refractivity (Wildman–Crippen MR) is 129 cm³/mol. The normalized spacial score (nSPS) is 14.1. The van der Waals surface area contributed by atoms with E-state index in [1.807, 2.05) is 36.4 Å². The number of hydrogen-bond acceptors (Lipinski definition) is 8. The fourth-order valence-corrected chi connectivity index (χ4v) is 3.82. The van der Waals surface area contributed by atoms with E-state index in [9.17, 15) is 4.39 Å². The van der Waals surface area contributed by atoms with E-state index in [1.54, 1.807) is 26.5 Å². The van der Waals surface area contributed by atoms with Crippen LogP contribution in [0.1, 0.15) is 0 Å². The minimum Gasteiger partial charge on any atom is -0.495 e. The van der Waals surface area contributed by atoms with E-state index in [4.69, 9.17) is 9.47 Å². The Bertz CT molecular complexity index is 1060. The summed E-state index contributed by atoms with van der Waals surface area (Å²) in [5, 5.41) is 6.51. The summed E-state index contributed by atoms with van der Waals surface area (Å²) in [4.78, 5) is 13.3. The third-order valence-corrected chi connectivity index (χ3v) is 5.60. The zero-order chi connectivity index (χ0) is 23.0. The second-order valence-electron chi connectivity index (χ2n) is 7.62. The van der Waals surface area contributed by atoms with E-state index in [1.165, 1.54) is 0 Å². The van der Waals surface area contributed by atoms with Crippen molar-refractivity contribution in [2.45, 2.75) is 0 Å². The molecule has 2 heterocycles. The number of halogens is 1. The van der Waals surface area contributed by atoms with E-state index >= 15 is 0 Å². The van der Waals surface area contributed by atoms with E-state index in [0.29, 0.717) is 24.1 Å². The maximum atomic E-state index is 12.6. The first-order chi connectivity index (χ1) is 16.2. The number of hydrogen-bond donors (Lipinski definition) is 2. The number of rotatable bonds is 9. The van der Waals surface area contributed by atoms with Crippen LogP contribution in [0.5, 0.6) is 11.5 Å². The van der Waals surface area contributed by atoms with Gasteiger partial charge in [0.15, 0.2) is 0 Å². The second kappa shape index (κ2) is 10.8. The molecular formula is C24H29FN6O2. The van der Waals surface area contributed by atoms with Gasteiger partial charge >= 0.3 is 0 Å². The summed E-state index contributed by atoms with van der Waals surface area (Å²) in [6.07, 6.45) is 1.69. The van der Waals surface area contributed by atoms with Crippen molar-refractivity contribution in [3.8, 4) is 11.5 Å². The molecule has 0 unspecified atom stereocenters. The molecule has 1 aromatic heterocycles. The molecule has 8 nitrogen and oxygen atoms in total. The highest BCUT2D eigenvalue weighted by Gasteiger charge is 2.18. The fourth-order valence-electron chi connectivity index (χ4n) is 3.82. The highest BCUT2D eigenvalue weighted by molar-refractivity contribution is 5.70. The van der Waals surface area contributed by atoms with Crippen LogP contribution in [-0.2, 0) is 0 Å². The molecule has 0 atom stereocenters. The molecule has 1 saturated heterocycles. The van der Waals surface area contributed by atoms with Gasteiger partial charge < -0.3 is 25.0 Å². The largest absolute Gasteiger partial charge is 0.495 e. The first kappa shape index (κ1) is 22.6. The number of methoxy groups -OCH3 is 2. The molecule has 0 spiro atoms. The van der Waals surface area contributed by atoms with Gasteiger partial charge in [-0.15, -0.1) is 0 Å². The first-order valence-corrected chi connectivity index (χ1v) is 10.9. The Labute approximate surface area is 193 Å². The van der Waals surface area contributed by atoms with Crippen molar-refractivity contribution in [3.05, 3.63) is 54.7 Å². The summed E-state index contributed by atoms with van der Waals surface area (Å²) in [6.45, 7) is 3.64. The zero-order valence-corrected chi connectivity index (χ0v) is 18.9. The summed E-state index contributed by atoms with van der Waals surface area (Å²) >= 11 is 0. The van der Waals surface area contributed by atoms with Gasteiger partial charge in [-0.25, -0.2) is 9.37 Å². The topological polar surface area (TPSA) is 74.8 Å². The highest BCUT2D eigenvalue weighted by atomic mass is 19.1. The van der Waals surface area contributed by atoms with Crippen LogP contribution in [-0.4, -0.2) is 68.5 Å². The van der Waals surface area contributed by atoms with Crippen molar-refractivity contribution in [1.82, 2.24) is 14.9 Å². The Balaban J connectivity index is 1.46. The van der Waals surface area contributed by atoms with Crippen molar-refractivity contribution in [3.63, 3.8) is 0 Å². The molecule has 2 N–H and O–H groups in total. The fraction of sp³-hybridized carbons (Fsp3) is 0.333. The van der Waals surface area contributed by atoms with E-state index in [2.05, 4.69) is 36.5 Å². The van der Waals surface area contributed by atoms with Crippen molar-refractivity contribution in [1.29, 1.82) is 0 Å². The lowest BCUT2D eigenvalue weighted by atomic mass is 10.2. The van der Waals surface area contributed by atoms with Gasteiger partial charge in [0.05, 0.1) is 25.6 Å². The molecule has 0 aliphatic carbocycles. The SMILES string of the molecule is COc1cc(N2CCN(CCF)CC2)ccc1Nc1ccnc(Nc2ccccc2OC)n1. The lowest BCUT2D eigenvalue weighted by Crippen LogP contribution is -2.47. The summed E-state index contributed by atoms with van der Waals surface area (Å²) in [5.41, 5.74) is 2.67. The smallest absolute Gasteiger partial charge is 0.229 e. The molecule has 0 bridgehead atoms. The number of nitrogens with one attached hydrogen (secondary N) is 2. The molecule has 0 saturated carbocycles. The molecule has 9 heteroatoms. The first-order valence-electron chi connectivity index (χ1n) is 10.9. The third-order valence-electron chi connectivity index (χ3n) is 5.60.